The Morgan fingerprint density at radius 2 is 2.17 bits per heavy atom. The molecule has 0 amide bonds. The topological polar surface area (TPSA) is 96.4 Å². The largest absolute Gasteiger partial charge is 0.394 e. The number of aromatic nitrogens is 2. The number of fused-ring (bicyclic) bond motifs is 1. The van der Waals surface area contributed by atoms with Gasteiger partial charge < -0.3 is 10.8 Å². The molecular weight excluding hydrogens is 230 g/mol. The van der Waals surface area contributed by atoms with E-state index in [2.05, 4.69) is 20.3 Å². The van der Waals surface area contributed by atoms with Crippen molar-refractivity contribution in [1.29, 1.82) is 0 Å². The summed E-state index contributed by atoms with van der Waals surface area (Å²) in [6.45, 7) is 2.13. The molecule has 2 aromatic rings. The smallest absolute Gasteiger partial charge is 0.230 e. The molecule has 94 valence electrons. The number of benzene rings is 1. The number of anilines is 1. The van der Waals surface area contributed by atoms with Gasteiger partial charge in [-0.1, -0.05) is 18.2 Å². The second-order valence-electron chi connectivity index (χ2n) is 3.77. The van der Waals surface area contributed by atoms with Crippen molar-refractivity contribution in [3.8, 4) is 0 Å². The van der Waals surface area contributed by atoms with E-state index in [1.807, 2.05) is 31.2 Å². The molecule has 0 saturated heterocycles. The summed E-state index contributed by atoms with van der Waals surface area (Å²) >= 11 is 0. The van der Waals surface area contributed by atoms with Crippen molar-refractivity contribution in [2.24, 2.45) is 10.7 Å². The highest BCUT2D eigenvalue weighted by Crippen LogP contribution is 2.16. The monoisotopic (exact) mass is 245 g/mol. The maximum absolute atomic E-state index is 8.65. The van der Waals surface area contributed by atoms with Crippen LogP contribution in [0.4, 0.5) is 5.95 Å². The molecule has 1 aromatic carbocycles. The number of rotatable bonds is 3. The average Bonchev–Trinajstić information content (AvgIpc) is 2.36. The lowest BCUT2D eigenvalue weighted by Gasteiger charge is -2.07. The fourth-order valence-corrected chi connectivity index (χ4v) is 1.62. The molecule has 0 saturated carbocycles. The zero-order chi connectivity index (χ0) is 13.0. The first-order chi connectivity index (χ1) is 8.70. The van der Waals surface area contributed by atoms with Crippen molar-refractivity contribution in [3.05, 3.63) is 30.0 Å². The molecule has 0 unspecified atom stereocenters. The molecule has 0 fully saturated rings. The van der Waals surface area contributed by atoms with E-state index in [-0.39, 0.29) is 19.1 Å². The highest BCUT2D eigenvalue weighted by atomic mass is 16.3. The van der Waals surface area contributed by atoms with E-state index in [1.165, 1.54) is 0 Å². The minimum Gasteiger partial charge on any atom is -0.394 e. The van der Waals surface area contributed by atoms with Crippen molar-refractivity contribution in [3.63, 3.8) is 0 Å². The van der Waals surface area contributed by atoms with Crippen LogP contribution in [-0.4, -0.2) is 34.2 Å². The van der Waals surface area contributed by atoms with Gasteiger partial charge in [-0.3, -0.25) is 10.3 Å². The van der Waals surface area contributed by atoms with Crippen LogP contribution < -0.4 is 11.1 Å². The maximum Gasteiger partial charge on any atom is 0.230 e. The molecular formula is C12H15N5O. The average molecular weight is 245 g/mol. The lowest BCUT2D eigenvalue weighted by Crippen LogP contribution is -2.24. The summed E-state index contributed by atoms with van der Waals surface area (Å²) in [5.74, 6) is 0.601. The molecule has 1 heterocycles. The fourth-order valence-electron chi connectivity index (χ4n) is 1.62. The summed E-state index contributed by atoms with van der Waals surface area (Å²) in [6.07, 6.45) is 0. The number of guanidine groups is 1. The Bertz CT molecular complexity index is 582. The lowest BCUT2D eigenvalue weighted by molar-refractivity contribution is 0.307. The molecule has 6 heteroatoms. The van der Waals surface area contributed by atoms with Crippen LogP contribution in [-0.2, 0) is 0 Å². The molecule has 0 bridgehead atoms. The Kier molecular flexibility index (Phi) is 3.69. The van der Waals surface area contributed by atoms with Gasteiger partial charge >= 0.3 is 0 Å². The fraction of sp³-hybridized carbons (Fsp3) is 0.250. The number of aliphatic imine (C=N–C) groups is 1. The molecule has 1 aromatic heterocycles. The van der Waals surface area contributed by atoms with Crippen LogP contribution >= 0.6 is 0 Å². The van der Waals surface area contributed by atoms with E-state index in [9.17, 15) is 0 Å². The van der Waals surface area contributed by atoms with Crippen LogP contribution in [0.15, 0.2) is 29.3 Å². The first-order valence-corrected chi connectivity index (χ1v) is 5.62. The van der Waals surface area contributed by atoms with Crippen LogP contribution in [0.1, 0.15) is 5.69 Å². The molecule has 18 heavy (non-hydrogen) atoms. The van der Waals surface area contributed by atoms with Crippen molar-refractivity contribution in [2.45, 2.75) is 6.92 Å². The quantitative estimate of drug-likeness (QED) is 0.545. The highest BCUT2D eigenvalue weighted by Gasteiger charge is 2.04. The number of nitrogens with zero attached hydrogens (tertiary/aromatic N) is 3. The zero-order valence-corrected chi connectivity index (χ0v) is 10.1. The minimum absolute atomic E-state index is 0.0417. The SMILES string of the molecule is Cc1nc(NC(N)=NCCO)nc2ccccc12. The van der Waals surface area contributed by atoms with Gasteiger partial charge in [-0.2, -0.15) is 0 Å². The number of hydrogen-bond acceptors (Lipinski definition) is 4. The summed E-state index contributed by atoms with van der Waals surface area (Å²) in [4.78, 5) is 12.5. The van der Waals surface area contributed by atoms with Crippen LogP contribution in [0.2, 0.25) is 0 Å². The third kappa shape index (κ3) is 2.72. The van der Waals surface area contributed by atoms with Gasteiger partial charge in [-0.25, -0.2) is 9.97 Å². The summed E-state index contributed by atoms with van der Waals surface area (Å²) < 4.78 is 0. The third-order valence-electron chi connectivity index (χ3n) is 2.42. The molecule has 0 atom stereocenters. The number of nitrogens with two attached hydrogens (primary N) is 1. The number of aryl methyl sites for hydroxylation is 1. The molecule has 0 aliphatic heterocycles. The molecule has 2 rings (SSSR count). The molecule has 6 nitrogen and oxygen atoms in total. The zero-order valence-electron chi connectivity index (χ0n) is 10.1. The van der Waals surface area contributed by atoms with Gasteiger partial charge in [0, 0.05) is 5.39 Å². The normalized spacial score (nSPS) is 11.8. The van der Waals surface area contributed by atoms with E-state index in [0.29, 0.717) is 5.95 Å². The van der Waals surface area contributed by atoms with E-state index in [0.717, 1.165) is 16.6 Å². The standard InChI is InChI=1S/C12H15N5O/c1-8-9-4-2-3-5-10(9)16-12(15-8)17-11(13)14-6-7-18/h2-5,18H,6-7H2,1H3,(H3,13,14,15,16,17). The van der Waals surface area contributed by atoms with E-state index >= 15 is 0 Å². The molecule has 0 radical (unpaired) electrons. The summed E-state index contributed by atoms with van der Waals surface area (Å²) in [5.41, 5.74) is 7.36. The second kappa shape index (κ2) is 5.42. The van der Waals surface area contributed by atoms with Gasteiger partial charge in [0.25, 0.3) is 0 Å². The number of aliphatic hydroxyl groups is 1. The van der Waals surface area contributed by atoms with Crippen LogP contribution in [0, 0.1) is 6.92 Å². The Hall–Kier alpha value is -2.21. The van der Waals surface area contributed by atoms with Gasteiger partial charge in [-0.05, 0) is 13.0 Å². The van der Waals surface area contributed by atoms with E-state index in [4.69, 9.17) is 10.8 Å². The molecule has 0 spiro atoms. The number of para-hydroxylation sites is 1. The first kappa shape index (κ1) is 12.3. The van der Waals surface area contributed by atoms with Crippen LogP contribution in [0.3, 0.4) is 0 Å². The van der Waals surface area contributed by atoms with Crippen molar-refractivity contribution >= 4 is 22.8 Å². The van der Waals surface area contributed by atoms with Gasteiger partial charge in [-0.15, -0.1) is 0 Å². The van der Waals surface area contributed by atoms with Crippen LogP contribution in [0.5, 0.6) is 0 Å². The van der Waals surface area contributed by atoms with Gasteiger partial charge in [0.1, 0.15) is 0 Å². The predicted molar refractivity (Wildman–Crippen MR) is 71.5 cm³/mol. The van der Waals surface area contributed by atoms with Crippen LogP contribution in [0.25, 0.3) is 10.9 Å². The summed E-state index contributed by atoms with van der Waals surface area (Å²) in [7, 11) is 0. The number of aliphatic hydroxyl groups excluding tert-OH is 1. The summed E-state index contributed by atoms with van der Waals surface area (Å²) in [6, 6.07) is 7.75. The second-order valence-corrected chi connectivity index (χ2v) is 3.77. The Balaban J connectivity index is 2.29. The maximum atomic E-state index is 8.65. The summed E-state index contributed by atoms with van der Waals surface area (Å²) in [5, 5.41) is 12.5. The van der Waals surface area contributed by atoms with E-state index in [1.54, 1.807) is 0 Å². The Morgan fingerprint density at radius 1 is 1.39 bits per heavy atom. The van der Waals surface area contributed by atoms with Crippen molar-refractivity contribution < 1.29 is 5.11 Å². The van der Waals surface area contributed by atoms with Crippen molar-refractivity contribution in [1.82, 2.24) is 9.97 Å². The molecule has 0 aliphatic carbocycles. The Morgan fingerprint density at radius 3 is 2.94 bits per heavy atom. The number of nitrogens with one attached hydrogen (secondary N) is 1. The molecule has 0 aliphatic rings. The first-order valence-electron chi connectivity index (χ1n) is 5.62. The van der Waals surface area contributed by atoms with Gasteiger partial charge in [0.05, 0.1) is 24.4 Å². The van der Waals surface area contributed by atoms with Gasteiger partial charge in [0.15, 0.2) is 5.96 Å². The molecule has 4 N–H and O–H groups in total. The highest BCUT2D eigenvalue weighted by molar-refractivity contribution is 5.92. The number of hydrogen-bond donors (Lipinski definition) is 3. The third-order valence-corrected chi connectivity index (χ3v) is 2.42. The lowest BCUT2D eigenvalue weighted by atomic mass is 10.2. The predicted octanol–water partition coefficient (Wildman–Crippen LogP) is 0.657. The Labute approximate surface area is 105 Å². The van der Waals surface area contributed by atoms with Crippen molar-refractivity contribution in [2.75, 3.05) is 18.5 Å². The van der Waals surface area contributed by atoms with E-state index < -0.39 is 0 Å². The van der Waals surface area contributed by atoms with Gasteiger partial charge in [0.2, 0.25) is 5.95 Å². The minimum atomic E-state index is -0.0417.